The molecule has 6 rings (SSSR count). The number of halogens is 3. The first kappa shape index (κ1) is 33.2. The predicted octanol–water partition coefficient (Wildman–Crippen LogP) is 7.09. The van der Waals surface area contributed by atoms with Crippen molar-refractivity contribution in [2.24, 2.45) is 11.3 Å². The average molecular weight is 675 g/mol. The number of benzene rings is 2. The first-order valence-electron chi connectivity index (χ1n) is 16.0. The van der Waals surface area contributed by atoms with Crippen LogP contribution in [-0.2, 0) is 19.5 Å². The molecule has 2 fully saturated rings. The molecule has 1 saturated heterocycles. The molecule has 47 heavy (non-hydrogen) atoms. The number of sulfonamides is 1. The molecule has 1 saturated carbocycles. The van der Waals surface area contributed by atoms with Crippen molar-refractivity contribution in [2.45, 2.75) is 75.9 Å². The van der Waals surface area contributed by atoms with Crippen LogP contribution in [0.4, 0.5) is 24.9 Å². The minimum atomic E-state index is -4.34. The summed E-state index contributed by atoms with van der Waals surface area (Å²) in [5.41, 5.74) is 1.34. The molecule has 3 heterocycles. The van der Waals surface area contributed by atoms with Gasteiger partial charge in [-0.2, -0.15) is 18.2 Å². The summed E-state index contributed by atoms with van der Waals surface area (Å²) in [6.07, 6.45) is -1.85. The van der Waals surface area contributed by atoms with Crippen molar-refractivity contribution in [3.05, 3.63) is 65.2 Å². The third-order valence-corrected chi connectivity index (χ3v) is 11.1. The number of hydrogen-bond acceptors (Lipinski definition) is 8. The lowest BCUT2D eigenvalue weighted by molar-refractivity contribution is -0.189. The molecule has 1 unspecified atom stereocenters. The normalized spacial score (nSPS) is 21.1. The largest absolute Gasteiger partial charge is 0.460 e. The van der Waals surface area contributed by atoms with Gasteiger partial charge in [0.1, 0.15) is 12.4 Å². The third kappa shape index (κ3) is 7.25. The van der Waals surface area contributed by atoms with Gasteiger partial charge in [-0.05, 0) is 94.0 Å². The Hall–Kier alpha value is -3.71. The van der Waals surface area contributed by atoms with E-state index in [1.165, 1.54) is 24.3 Å². The van der Waals surface area contributed by atoms with Gasteiger partial charge >= 0.3 is 12.1 Å². The fourth-order valence-electron chi connectivity index (χ4n) is 6.64. The molecular formula is C34H41F3N4O5S. The topological polar surface area (TPSA) is 111 Å². The Morgan fingerprint density at radius 3 is 2.40 bits per heavy atom. The van der Waals surface area contributed by atoms with Gasteiger partial charge in [0.2, 0.25) is 5.95 Å². The SMILES string of the molecule is Cc1cccc(C)c1-c1cc2nc(n1)NS(=O)(=O)c1cccc(c1)C(=O)OCC(CCC1(C(F)(F)F)CC1)N2CCC1CCOCC1.[HH]. The van der Waals surface area contributed by atoms with Crippen LogP contribution in [0.3, 0.4) is 0 Å². The van der Waals surface area contributed by atoms with Gasteiger partial charge in [0, 0.05) is 32.8 Å². The summed E-state index contributed by atoms with van der Waals surface area (Å²) in [5.74, 6) is -0.283. The monoisotopic (exact) mass is 674 g/mol. The Morgan fingerprint density at radius 1 is 1.02 bits per heavy atom. The van der Waals surface area contributed by atoms with Crippen molar-refractivity contribution < 1.29 is 37.3 Å². The summed E-state index contributed by atoms with van der Waals surface area (Å²) in [6, 6.07) is 12.3. The molecule has 2 aliphatic heterocycles. The summed E-state index contributed by atoms with van der Waals surface area (Å²) < 4.78 is 83.2. The van der Waals surface area contributed by atoms with Gasteiger partial charge < -0.3 is 14.4 Å². The van der Waals surface area contributed by atoms with Gasteiger partial charge in [0.25, 0.3) is 10.0 Å². The Bertz CT molecular complexity index is 1730. The van der Waals surface area contributed by atoms with E-state index in [0.29, 0.717) is 43.6 Å². The molecule has 0 radical (unpaired) electrons. The van der Waals surface area contributed by atoms with Crippen molar-refractivity contribution in [1.82, 2.24) is 9.97 Å². The molecule has 0 spiro atoms. The zero-order valence-corrected chi connectivity index (χ0v) is 27.3. The van der Waals surface area contributed by atoms with Crippen LogP contribution in [0.25, 0.3) is 11.3 Å². The zero-order valence-electron chi connectivity index (χ0n) is 26.5. The van der Waals surface area contributed by atoms with E-state index in [2.05, 4.69) is 14.7 Å². The standard InChI is InChI=1S/C34H39F3N4O5S.H2/c1-22-5-3-6-23(2)30(22)28-20-29-39-32(38-28)40-47(43,44)27-8-4-7-25(19-27)31(42)46-21-26(9-13-33(14-15-33)34(35,36)37)41(29)16-10-24-11-17-45-18-12-24;/h3-8,19-20,24,26H,9-18,21H2,1-2H3,(H,38,39,40);1H. The number of fused-ring (bicyclic) bond motifs is 4. The molecule has 13 heteroatoms. The number of carbonyl (C=O) groups excluding carboxylic acids is 1. The smallest absolute Gasteiger partial charge is 0.394 e. The number of nitrogens with zero attached hydrogens (tertiary/aromatic N) is 3. The zero-order chi connectivity index (χ0) is 33.4. The van der Waals surface area contributed by atoms with Crippen molar-refractivity contribution in [1.29, 1.82) is 0 Å². The maximum Gasteiger partial charge on any atom is 0.394 e. The first-order chi connectivity index (χ1) is 22.3. The number of aryl methyl sites for hydroxylation is 2. The summed E-state index contributed by atoms with van der Waals surface area (Å²) in [7, 11) is -4.24. The number of esters is 1. The molecule has 2 aromatic carbocycles. The Balaban J connectivity index is 0.00000451. The van der Waals surface area contributed by atoms with Crippen LogP contribution < -0.4 is 9.62 Å². The van der Waals surface area contributed by atoms with Crippen molar-refractivity contribution in [3.8, 4) is 11.3 Å². The fourth-order valence-corrected chi connectivity index (χ4v) is 7.63. The molecule has 0 amide bonds. The lowest BCUT2D eigenvalue weighted by Crippen LogP contribution is -2.42. The third-order valence-electron chi connectivity index (χ3n) is 9.73. The molecule has 1 N–H and O–H groups in total. The summed E-state index contributed by atoms with van der Waals surface area (Å²) in [4.78, 5) is 24.3. The molecule has 9 nitrogen and oxygen atoms in total. The van der Waals surface area contributed by atoms with Crippen LogP contribution in [0, 0.1) is 25.2 Å². The molecule has 1 aromatic heterocycles. The van der Waals surface area contributed by atoms with Crippen molar-refractivity contribution >= 4 is 27.8 Å². The van der Waals surface area contributed by atoms with Crippen LogP contribution in [0.2, 0.25) is 0 Å². The van der Waals surface area contributed by atoms with E-state index in [9.17, 15) is 26.4 Å². The maximum absolute atomic E-state index is 14.1. The quantitative estimate of drug-likeness (QED) is 0.265. The van der Waals surface area contributed by atoms with E-state index >= 15 is 0 Å². The van der Waals surface area contributed by atoms with Crippen LogP contribution in [0.5, 0.6) is 0 Å². The lowest BCUT2D eigenvalue weighted by atomic mass is 9.94. The lowest BCUT2D eigenvalue weighted by Gasteiger charge is -2.35. The van der Waals surface area contributed by atoms with Crippen LogP contribution in [0.15, 0.2) is 53.4 Å². The van der Waals surface area contributed by atoms with Gasteiger partial charge in [-0.25, -0.2) is 22.9 Å². The van der Waals surface area contributed by atoms with Gasteiger partial charge in [0.05, 0.1) is 27.6 Å². The Morgan fingerprint density at radius 2 is 1.72 bits per heavy atom. The number of nitrogens with one attached hydrogen (secondary N) is 1. The second kappa shape index (κ2) is 13.1. The molecule has 1 aliphatic carbocycles. The molecular weight excluding hydrogens is 633 g/mol. The van der Waals surface area contributed by atoms with E-state index in [-0.39, 0.29) is 50.1 Å². The highest BCUT2D eigenvalue weighted by atomic mass is 32.2. The summed E-state index contributed by atoms with van der Waals surface area (Å²) in [6.45, 7) is 5.32. The molecule has 4 bridgehead atoms. The van der Waals surface area contributed by atoms with E-state index in [0.717, 1.165) is 29.5 Å². The second-order valence-corrected chi connectivity index (χ2v) is 14.6. The highest BCUT2D eigenvalue weighted by Gasteiger charge is 2.62. The number of cyclic esters (lactones) is 1. The van der Waals surface area contributed by atoms with Crippen molar-refractivity contribution in [3.63, 3.8) is 0 Å². The number of anilines is 2. The molecule has 1 atom stereocenters. The fraction of sp³-hybridized carbons (Fsp3) is 0.500. The summed E-state index contributed by atoms with van der Waals surface area (Å²) >= 11 is 0. The van der Waals surface area contributed by atoms with Gasteiger partial charge in [-0.1, -0.05) is 24.3 Å². The first-order valence-corrected chi connectivity index (χ1v) is 17.5. The molecule has 3 aromatic rings. The highest BCUT2D eigenvalue weighted by Crippen LogP contribution is 2.60. The highest BCUT2D eigenvalue weighted by molar-refractivity contribution is 7.92. The maximum atomic E-state index is 14.1. The van der Waals surface area contributed by atoms with Crippen molar-refractivity contribution in [2.75, 3.05) is 36.0 Å². The summed E-state index contributed by atoms with van der Waals surface area (Å²) in [5, 5.41) is 0. The van der Waals surface area contributed by atoms with Crippen LogP contribution >= 0.6 is 0 Å². The van der Waals surface area contributed by atoms with E-state index in [1.807, 2.05) is 36.9 Å². The number of aromatic nitrogens is 2. The second-order valence-electron chi connectivity index (χ2n) is 12.9. The van der Waals surface area contributed by atoms with Gasteiger partial charge in [0.15, 0.2) is 0 Å². The number of carbonyl (C=O) groups is 1. The van der Waals surface area contributed by atoms with Gasteiger partial charge in [-0.3, -0.25) is 0 Å². The number of alkyl halides is 3. The number of hydrogen-bond donors (Lipinski definition) is 1. The molecule has 3 aliphatic rings. The van der Waals surface area contributed by atoms with E-state index in [4.69, 9.17) is 9.47 Å². The van der Waals surface area contributed by atoms with Crippen LogP contribution in [0.1, 0.15) is 67.9 Å². The van der Waals surface area contributed by atoms with E-state index < -0.39 is 33.6 Å². The van der Waals surface area contributed by atoms with E-state index in [1.54, 1.807) is 6.07 Å². The van der Waals surface area contributed by atoms with Crippen LogP contribution in [-0.4, -0.2) is 62.9 Å². The Labute approximate surface area is 274 Å². The number of rotatable bonds is 7. The molecule has 254 valence electrons. The minimum Gasteiger partial charge on any atom is -0.460 e. The average Bonchev–Trinajstić information content (AvgIpc) is 3.83. The number of ether oxygens (including phenoxy) is 2. The Kier molecular flexibility index (Phi) is 9.23. The predicted molar refractivity (Wildman–Crippen MR) is 173 cm³/mol. The van der Waals surface area contributed by atoms with Gasteiger partial charge in [-0.15, -0.1) is 0 Å². The minimum absolute atomic E-state index is 0.